The monoisotopic (exact) mass is 373 g/mol. The third-order valence-corrected chi connectivity index (χ3v) is 3.53. The predicted molar refractivity (Wildman–Crippen MR) is 77.5 cm³/mol. The molecule has 2 rings (SSSR count). The van der Waals surface area contributed by atoms with Gasteiger partial charge in [0, 0.05) is 35.0 Å². The molecule has 0 spiro atoms. The van der Waals surface area contributed by atoms with Crippen molar-refractivity contribution in [2.24, 2.45) is 0 Å². The fraction of sp³-hybridized carbons (Fsp3) is 0.250. The fourth-order valence-corrected chi connectivity index (χ4v) is 3.16. The summed E-state index contributed by atoms with van der Waals surface area (Å²) < 4.78 is 7.36. The molecule has 0 amide bonds. The molecule has 0 unspecified atom stereocenters. The molecule has 2 N–H and O–H groups in total. The van der Waals surface area contributed by atoms with Crippen molar-refractivity contribution in [3.63, 3.8) is 0 Å². The van der Waals surface area contributed by atoms with Gasteiger partial charge in [0.15, 0.2) is 0 Å². The van der Waals surface area contributed by atoms with Gasteiger partial charge in [0.25, 0.3) is 0 Å². The van der Waals surface area contributed by atoms with Gasteiger partial charge in [0.05, 0.1) is 11.6 Å². The number of hydrogen-bond acceptors (Lipinski definition) is 3. The van der Waals surface area contributed by atoms with Crippen LogP contribution in [0.5, 0.6) is 5.75 Å². The molecule has 1 aromatic carbocycles. The maximum Gasteiger partial charge on any atom is 0.137 e. The van der Waals surface area contributed by atoms with Crippen LogP contribution in [0.15, 0.2) is 33.3 Å². The van der Waals surface area contributed by atoms with E-state index >= 15 is 0 Å². The lowest BCUT2D eigenvalue weighted by molar-refractivity contribution is 0.405. The Hall–Kier alpha value is -0.850. The maximum atomic E-state index is 5.39. The summed E-state index contributed by atoms with van der Waals surface area (Å²) in [6.45, 7) is 1.47. The van der Waals surface area contributed by atoms with Gasteiger partial charge in [-0.2, -0.15) is 5.10 Å². The van der Waals surface area contributed by atoms with Crippen LogP contribution in [-0.4, -0.2) is 17.3 Å². The first kappa shape index (κ1) is 13.6. The number of rotatable bonds is 5. The Bertz CT molecular complexity index is 514. The molecular formula is C12H13Br2N3O. The number of benzene rings is 1. The Morgan fingerprint density at radius 1 is 1.33 bits per heavy atom. The van der Waals surface area contributed by atoms with E-state index in [9.17, 15) is 0 Å². The zero-order valence-electron chi connectivity index (χ0n) is 9.84. The Morgan fingerprint density at radius 2 is 2.17 bits per heavy atom. The van der Waals surface area contributed by atoms with E-state index in [1.165, 1.54) is 0 Å². The van der Waals surface area contributed by atoms with Gasteiger partial charge in [-0.1, -0.05) is 15.9 Å². The van der Waals surface area contributed by atoms with E-state index in [4.69, 9.17) is 4.74 Å². The highest BCUT2D eigenvalue weighted by atomic mass is 79.9. The van der Waals surface area contributed by atoms with E-state index in [0.29, 0.717) is 0 Å². The number of hydrogen-bond donors (Lipinski definition) is 2. The van der Waals surface area contributed by atoms with E-state index in [-0.39, 0.29) is 0 Å². The van der Waals surface area contributed by atoms with Crippen LogP contribution in [0.4, 0.5) is 0 Å². The number of halogens is 2. The van der Waals surface area contributed by atoms with Crippen LogP contribution < -0.4 is 10.1 Å². The smallest absolute Gasteiger partial charge is 0.137 e. The highest BCUT2D eigenvalue weighted by molar-refractivity contribution is 9.11. The number of aromatic nitrogens is 2. The van der Waals surface area contributed by atoms with Gasteiger partial charge in [-0.3, -0.25) is 5.10 Å². The van der Waals surface area contributed by atoms with Gasteiger partial charge in [-0.15, -0.1) is 0 Å². The van der Waals surface area contributed by atoms with Gasteiger partial charge in [-0.25, -0.2) is 0 Å². The molecule has 18 heavy (non-hydrogen) atoms. The molecule has 1 heterocycles. The van der Waals surface area contributed by atoms with Crippen molar-refractivity contribution in [2.45, 2.75) is 13.1 Å². The molecule has 2 aromatic rings. The molecule has 96 valence electrons. The second kappa shape index (κ2) is 6.36. The van der Waals surface area contributed by atoms with Crippen LogP contribution in [0.3, 0.4) is 0 Å². The third-order valence-electron chi connectivity index (χ3n) is 2.48. The molecular weight excluding hydrogens is 362 g/mol. The number of nitrogens with zero attached hydrogens (tertiary/aromatic N) is 1. The second-order valence-corrected chi connectivity index (χ2v) is 5.54. The Labute approximate surface area is 122 Å². The van der Waals surface area contributed by atoms with E-state index in [1.54, 1.807) is 13.3 Å². The number of aromatic amines is 1. The second-order valence-electron chi connectivity index (χ2n) is 3.77. The van der Waals surface area contributed by atoms with E-state index in [0.717, 1.165) is 39.0 Å². The lowest BCUT2D eigenvalue weighted by Crippen LogP contribution is -2.13. The lowest BCUT2D eigenvalue weighted by Gasteiger charge is -2.12. The average Bonchev–Trinajstić information content (AvgIpc) is 2.81. The lowest BCUT2D eigenvalue weighted by atomic mass is 10.2. The number of methoxy groups -OCH3 is 1. The van der Waals surface area contributed by atoms with Gasteiger partial charge in [0.1, 0.15) is 5.75 Å². The number of nitrogens with one attached hydrogen (secondary N) is 2. The van der Waals surface area contributed by atoms with Crippen molar-refractivity contribution >= 4 is 31.9 Å². The molecule has 0 saturated carbocycles. The molecule has 0 aliphatic carbocycles. The highest BCUT2D eigenvalue weighted by Gasteiger charge is 2.08. The first-order valence-electron chi connectivity index (χ1n) is 5.41. The first-order chi connectivity index (χ1) is 8.70. The van der Waals surface area contributed by atoms with Crippen molar-refractivity contribution in [1.82, 2.24) is 15.5 Å². The molecule has 4 nitrogen and oxygen atoms in total. The minimum Gasteiger partial charge on any atom is -0.495 e. The largest absolute Gasteiger partial charge is 0.495 e. The summed E-state index contributed by atoms with van der Waals surface area (Å²) in [5.74, 6) is 0.857. The summed E-state index contributed by atoms with van der Waals surface area (Å²) in [5, 5.41) is 10.2. The van der Waals surface area contributed by atoms with Crippen molar-refractivity contribution in [3.8, 4) is 5.75 Å². The minimum atomic E-state index is 0.722. The SMILES string of the molecule is COc1c(Br)cc(Br)cc1CNCc1ccn[nH]1. The zero-order valence-corrected chi connectivity index (χ0v) is 13.0. The first-order valence-corrected chi connectivity index (χ1v) is 7.00. The van der Waals surface area contributed by atoms with Crippen LogP contribution in [-0.2, 0) is 13.1 Å². The number of H-pyrrole nitrogens is 1. The summed E-state index contributed by atoms with van der Waals surface area (Å²) in [6.07, 6.45) is 1.74. The topological polar surface area (TPSA) is 49.9 Å². The molecule has 0 bridgehead atoms. The normalized spacial score (nSPS) is 10.6. The third kappa shape index (κ3) is 3.34. The van der Waals surface area contributed by atoms with Crippen LogP contribution in [0.2, 0.25) is 0 Å². The van der Waals surface area contributed by atoms with Crippen molar-refractivity contribution in [1.29, 1.82) is 0 Å². The molecule has 0 atom stereocenters. The van der Waals surface area contributed by atoms with E-state index < -0.39 is 0 Å². The summed E-state index contributed by atoms with van der Waals surface area (Å²) in [4.78, 5) is 0. The van der Waals surface area contributed by atoms with Crippen LogP contribution in [0, 0.1) is 0 Å². The molecule has 0 aliphatic rings. The van der Waals surface area contributed by atoms with Crippen molar-refractivity contribution in [2.75, 3.05) is 7.11 Å². The number of ether oxygens (including phenoxy) is 1. The molecule has 0 fully saturated rings. The summed E-state index contributed by atoms with van der Waals surface area (Å²) in [6, 6.07) is 5.96. The van der Waals surface area contributed by atoms with Gasteiger partial charge in [0.2, 0.25) is 0 Å². The minimum absolute atomic E-state index is 0.722. The molecule has 6 heteroatoms. The molecule has 0 saturated heterocycles. The Morgan fingerprint density at radius 3 is 2.83 bits per heavy atom. The average molecular weight is 375 g/mol. The summed E-state index contributed by atoms with van der Waals surface area (Å²) in [7, 11) is 1.67. The standard InChI is InChI=1S/C12H13Br2N3O/c1-18-12-8(4-9(13)5-11(12)14)6-15-7-10-2-3-16-17-10/h2-5,15H,6-7H2,1H3,(H,16,17). The van der Waals surface area contributed by atoms with Gasteiger partial charge in [-0.05, 0) is 34.1 Å². The fourth-order valence-electron chi connectivity index (χ4n) is 1.69. The van der Waals surface area contributed by atoms with Crippen molar-refractivity contribution in [3.05, 3.63) is 44.6 Å². The maximum absolute atomic E-state index is 5.39. The molecule has 0 aliphatic heterocycles. The van der Waals surface area contributed by atoms with Crippen LogP contribution >= 0.6 is 31.9 Å². The van der Waals surface area contributed by atoms with Crippen LogP contribution in [0.1, 0.15) is 11.3 Å². The highest BCUT2D eigenvalue weighted by Crippen LogP contribution is 2.32. The Kier molecular flexibility index (Phi) is 4.79. The summed E-state index contributed by atoms with van der Waals surface area (Å²) in [5.41, 5.74) is 2.15. The van der Waals surface area contributed by atoms with Crippen molar-refractivity contribution < 1.29 is 4.74 Å². The van der Waals surface area contributed by atoms with Crippen LogP contribution in [0.25, 0.3) is 0 Å². The summed E-state index contributed by atoms with van der Waals surface area (Å²) >= 11 is 6.97. The van der Waals surface area contributed by atoms with Gasteiger partial charge >= 0.3 is 0 Å². The Balaban J connectivity index is 2.04. The van der Waals surface area contributed by atoms with E-state index in [2.05, 4.69) is 47.4 Å². The van der Waals surface area contributed by atoms with Gasteiger partial charge < -0.3 is 10.1 Å². The predicted octanol–water partition coefficient (Wildman–Crippen LogP) is 3.23. The molecule has 0 radical (unpaired) electrons. The van der Waals surface area contributed by atoms with E-state index in [1.807, 2.05) is 18.2 Å². The zero-order chi connectivity index (χ0) is 13.0. The molecule has 1 aromatic heterocycles. The quantitative estimate of drug-likeness (QED) is 0.844.